The summed E-state index contributed by atoms with van der Waals surface area (Å²) in [7, 11) is -3.76. The zero-order valence-corrected chi connectivity index (χ0v) is 13.3. The van der Waals surface area contributed by atoms with E-state index in [2.05, 4.69) is 4.72 Å². The Labute approximate surface area is 132 Å². The first kappa shape index (κ1) is 16.2. The second-order valence-electron chi connectivity index (χ2n) is 4.46. The van der Waals surface area contributed by atoms with E-state index in [1.54, 1.807) is 25.1 Å². The van der Waals surface area contributed by atoms with Gasteiger partial charge >= 0.3 is 0 Å². The van der Waals surface area contributed by atoms with Crippen LogP contribution in [0.25, 0.3) is 0 Å². The van der Waals surface area contributed by atoms with Crippen molar-refractivity contribution in [1.29, 1.82) is 0 Å². The number of hydrogen-bond donors (Lipinski definition) is 1. The van der Waals surface area contributed by atoms with Crippen molar-refractivity contribution in [3.8, 4) is 0 Å². The molecule has 112 valence electrons. The smallest absolute Gasteiger partial charge is 0.207 e. The van der Waals surface area contributed by atoms with Gasteiger partial charge in [-0.3, -0.25) is 0 Å². The minimum absolute atomic E-state index is 0.0131. The van der Waals surface area contributed by atoms with E-state index in [1.807, 2.05) is 0 Å². The Hall–Kier alpha value is -1.14. The Morgan fingerprint density at radius 1 is 1.10 bits per heavy atom. The topological polar surface area (TPSA) is 46.2 Å². The van der Waals surface area contributed by atoms with Crippen LogP contribution in [0.3, 0.4) is 0 Å². The molecule has 1 N–H and O–H groups in total. The molecule has 2 rings (SSSR count). The van der Waals surface area contributed by atoms with E-state index in [4.69, 9.17) is 23.2 Å². The van der Waals surface area contributed by atoms with Gasteiger partial charge in [0, 0.05) is 16.1 Å². The van der Waals surface area contributed by atoms with Gasteiger partial charge in [-0.25, -0.2) is 17.5 Å². The summed E-state index contributed by atoms with van der Waals surface area (Å²) in [5, 5.41) is 0.842. The number of benzene rings is 2. The highest BCUT2D eigenvalue weighted by molar-refractivity contribution is 7.89. The van der Waals surface area contributed by atoms with E-state index in [0.29, 0.717) is 15.6 Å². The van der Waals surface area contributed by atoms with Gasteiger partial charge in [0.25, 0.3) is 0 Å². The van der Waals surface area contributed by atoms with E-state index in [-0.39, 0.29) is 4.90 Å². The second kappa shape index (κ2) is 6.32. The normalized spacial score (nSPS) is 13.1. The molecule has 0 amide bonds. The van der Waals surface area contributed by atoms with Crippen molar-refractivity contribution in [2.45, 2.75) is 17.9 Å². The summed E-state index contributed by atoms with van der Waals surface area (Å²) >= 11 is 11.9. The fourth-order valence-electron chi connectivity index (χ4n) is 1.83. The molecule has 21 heavy (non-hydrogen) atoms. The monoisotopic (exact) mass is 347 g/mol. The highest BCUT2D eigenvalue weighted by atomic mass is 35.5. The summed E-state index contributed by atoms with van der Waals surface area (Å²) in [6.07, 6.45) is 0. The van der Waals surface area contributed by atoms with Gasteiger partial charge in [0.05, 0.1) is 4.90 Å². The SMILES string of the molecule is CC(NS(=O)(=O)c1ccc(F)cc1)c1ccc(Cl)cc1Cl. The summed E-state index contributed by atoms with van der Waals surface area (Å²) in [4.78, 5) is -0.0131. The van der Waals surface area contributed by atoms with Gasteiger partial charge in [-0.05, 0) is 48.9 Å². The number of hydrogen-bond acceptors (Lipinski definition) is 2. The lowest BCUT2D eigenvalue weighted by Gasteiger charge is -2.16. The molecule has 0 saturated carbocycles. The molecule has 0 heterocycles. The van der Waals surface area contributed by atoms with Crippen LogP contribution in [-0.2, 0) is 10.0 Å². The quantitative estimate of drug-likeness (QED) is 0.901. The molecule has 7 heteroatoms. The first-order chi connectivity index (χ1) is 9.79. The molecule has 0 fully saturated rings. The van der Waals surface area contributed by atoms with Gasteiger partial charge in [0.1, 0.15) is 5.82 Å². The Morgan fingerprint density at radius 2 is 1.71 bits per heavy atom. The van der Waals surface area contributed by atoms with Crippen LogP contribution in [0, 0.1) is 5.82 Å². The molecule has 0 spiro atoms. The molecule has 0 saturated heterocycles. The fraction of sp³-hybridized carbons (Fsp3) is 0.143. The molecular formula is C14H12Cl2FNO2S. The van der Waals surface area contributed by atoms with Gasteiger partial charge in [0.15, 0.2) is 0 Å². The third kappa shape index (κ3) is 3.95. The molecule has 2 aromatic rings. The lowest BCUT2D eigenvalue weighted by Crippen LogP contribution is -2.27. The lowest BCUT2D eigenvalue weighted by molar-refractivity contribution is 0.566. The largest absolute Gasteiger partial charge is 0.241 e. The second-order valence-corrected chi connectivity index (χ2v) is 7.02. The molecule has 0 aromatic heterocycles. The number of halogens is 3. The molecule has 0 aliphatic heterocycles. The van der Waals surface area contributed by atoms with Crippen molar-refractivity contribution in [3.05, 3.63) is 63.9 Å². The molecule has 0 bridgehead atoms. The molecule has 0 aliphatic rings. The summed E-state index contributed by atoms with van der Waals surface area (Å²) in [5.74, 6) is -0.497. The Bertz CT molecular complexity index is 748. The van der Waals surface area contributed by atoms with E-state index < -0.39 is 21.9 Å². The zero-order valence-electron chi connectivity index (χ0n) is 11.0. The molecule has 3 nitrogen and oxygen atoms in total. The molecular weight excluding hydrogens is 336 g/mol. The van der Waals surface area contributed by atoms with E-state index >= 15 is 0 Å². The maximum atomic E-state index is 12.8. The summed E-state index contributed by atoms with van der Waals surface area (Å²) in [6.45, 7) is 1.66. The van der Waals surface area contributed by atoms with Gasteiger partial charge < -0.3 is 0 Å². The molecule has 0 aliphatic carbocycles. The zero-order chi connectivity index (χ0) is 15.6. The van der Waals surface area contributed by atoms with Gasteiger partial charge in [-0.15, -0.1) is 0 Å². The van der Waals surface area contributed by atoms with Gasteiger partial charge in [0.2, 0.25) is 10.0 Å². The van der Waals surface area contributed by atoms with Gasteiger partial charge in [-0.2, -0.15) is 0 Å². The summed E-state index contributed by atoms with van der Waals surface area (Å²) < 4.78 is 39.7. The van der Waals surface area contributed by atoms with Crippen LogP contribution >= 0.6 is 23.2 Å². The average Bonchev–Trinajstić information content (AvgIpc) is 2.38. The molecule has 1 unspecified atom stereocenters. The van der Waals surface area contributed by atoms with Crippen molar-refractivity contribution < 1.29 is 12.8 Å². The third-order valence-corrected chi connectivity index (χ3v) is 5.00. The van der Waals surface area contributed by atoms with Crippen LogP contribution in [0.1, 0.15) is 18.5 Å². The van der Waals surface area contributed by atoms with Crippen LogP contribution in [0.15, 0.2) is 47.4 Å². The maximum absolute atomic E-state index is 12.8. The molecule has 2 aromatic carbocycles. The van der Waals surface area contributed by atoms with Crippen molar-refractivity contribution >= 4 is 33.2 Å². The fourth-order valence-corrected chi connectivity index (χ4v) is 3.63. The van der Waals surface area contributed by atoms with Crippen molar-refractivity contribution in [2.75, 3.05) is 0 Å². The van der Waals surface area contributed by atoms with Gasteiger partial charge in [-0.1, -0.05) is 29.3 Å². The first-order valence-corrected chi connectivity index (χ1v) is 8.26. The van der Waals surface area contributed by atoms with Crippen LogP contribution in [-0.4, -0.2) is 8.42 Å². The minimum atomic E-state index is -3.76. The van der Waals surface area contributed by atoms with Crippen LogP contribution < -0.4 is 4.72 Å². The lowest BCUT2D eigenvalue weighted by atomic mass is 10.1. The van der Waals surface area contributed by atoms with E-state index in [9.17, 15) is 12.8 Å². The Morgan fingerprint density at radius 3 is 2.29 bits per heavy atom. The summed E-state index contributed by atoms with van der Waals surface area (Å²) in [6, 6.07) is 8.87. The predicted octanol–water partition coefficient (Wildman–Crippen LogP) is 4.17. The first-order valence-electron chi connectivity index (χ1n) is 6.02. The summed E-state index contributed by atoms with van der Waals surface area (Å²) in [5.41, 5.74) is 0.603. The van der Waals surface area contributed by atoms with Crippen molar-refractivity contribution in [2.24, 2.45) is 0 Å². The van der Waals surface area contributed by atoms with Crippen LogP contribution in [0.2, 0.25) is 10.0 Å². The van der Waals surface area contributed by atoms with E-state index in [1.165, 1.54) is 12.1 Å². The Kier molecular flexibility index (Phi) is 4.88. The Balaban J connectivity index is 2.25. The van der Waals surface area contributed by atoms with Crippen LogP contribution in [0.5, 0.6) is 0 Å². The standard InChI is InChI=1S/C14H12Cl2FNO2S/c1-9(13-7-2-10(15)8-14(13)16)18-21(19,20)12-5-3-11(17)4-6-12/h2-9,18H,1H3. The van der Waals surface area contributed by atoms with Crippen molar-refractivity contribution in [3.63, 3.8) is 0 Å². The number of sulfonamides is 1. The minimum Gasteiger partial charge on any atom is -0.207 e. The molecule has 0 radical (unpaired) electrons. The molecule has 1 atom stereocenters. The van der Waals surface area contributed by atoms with Crippen molar-refractivity contribution in [1.82, 2.24) is 4.72 Å². The third-order valence-electron chi connectivity index (χ3n) is 2.88. The number of nitrogens with one attached hydrogen (secondary N) is 1. The highest BCUT2D eigenvalue weighted by Crippen LogP contribution is 2.27. The predicted molar refractivity (Wildman–Crippen MR) is 81.6 cm³/mol. The average molecular weight is 348 g/mol. The number of rotatable bonds is 4. The van der Waals surface area contributed by atoms with Crippen LogP contribution in [0.4, 0.5) is 4.39 Å². The van der Waals surface area contributed by atoms with E-state index in [0.717, 1.165) is 12.1 Å². The maximum Gasteiger partial charge on any atom is 0.241 e. The highest BCUT2D eigenvalue weighted by Gasteiger charge is 2.19.